The van der Waals surface area contributed by atoms with Crippen molar-refractivity contribution in [2.24, 2.45) is 5.41 Å². The van der Waals surface area contributed by atoms with E-state index in [2.05, 4.69) is 78.3 Å². The highest BCUT2D eigenvalue weighted by Gasteiger charge is 2.36. The Hall–Kier alpha value is -0.776. The molecular weight excluding hydrogens is 396 g/mol. The molecule has 3 heteroatoms. The summed E-state index contributed by atoms with van der Waals surface area (Å²) in [5.74, 6) is 7.60. The fourth-order valence-electron chi connectivity index (χ4n) is 4.13. The van der Waals surface area contributed by atoms with Gasteiger partial charge in [-0.15, -0.1) is 11.1 Å². The minimum absolute atomic E-state index is 0.307. The smallest absolute Gasteiger partial charge is 0.162 e. The predicted octanol–water partition coefficient (Wildman–Crippen LogP) is 8.41. The molecule has 0 radical (unpaired) electrons. The van der Waals surface area contributed by atoms with Crippen molar-refractivity contribution < 1.29 is 4.79 Å². The highest BCUT2D eigenvalue weighted by atomic mass is 28.3. The summed E-state index contributed by atoms with van der Waals surface area (Å²) in [6, 6.07) is 7.03. The average molecular weight is 447 g/mol. The van der Waals surface area contributed by atoms with Crippen molar-refractivity contribution in [3.63, 3.8) is 0 Å². The molecule has 0 heterocycles. The molecule has 0 aromatic heterocycles. The average Bonchev–Trinajstić information content (AvgIpc) is 2.79. The Morgan fingerprint density at radius 3 is 1.37 bits per heavy atom. The van der Waals surface area contributed by atoms with Crippen molar-refractivity contribution in [2.45, 2.75) is 137 Å². The predicted molar refractivity (Wildman–Crippen MR) is 141 cm³/mol. The number of Topliss-reactive ketones (excluding diaryl/α,β-unsaturated/α-hetero) is 1. The summed E-state index contributed by atoms with van der Waals surface area (Å²) in [6.07, 6.45) is 6.80. The molecule has 30 heavy (non-hydrogen) atoms. The molecule has 0 saturated heterocycles. The van der Waals surface area contributed by atoms with Crippen molar-refractivity contribution in [1.82, 2.24) is 0 Å². The third kappa shape index (κ3) is 8.39. The van der Waals surface area contributed by atoms with E-state index in [1.807, 2.05) is 0 Å². The van der Waals surface area contributed by atoms with Crippen LogP contribution in [0.4, 0.5) is 0 Å². The summed E-state index contributed by atoms with van der Waals surface area (Å²) in [5.41, 5.74) is 6.83. The van der Waals surface area contributed by atoms with Gasteiger partial charge in [-0.05, 0) is 49.1 Å². The Balaban J connectivity index is 6.52. The van der Waals surface area contributed by atoms with Gasteiger partial charge in [0.1, 0.15) is 21.6 Å². The normalized spacial score (nSPS) is 12.0. The standard InChI is InChI=1S/C27H50OSi2/c1-9-17-19-20-26(28)27(21-18-10-2,22-24-29(11-3,12-4)13-5)23-25-30(14-6,15-7)16-8/h9-21H2,1-8H3. The van der Waals surface area contributed by atoms with Gasteiger partial charge in [0.2, 0.25) is 0 Å². The third-order valence-electron chi connectivity index (χ3n) is 7.53. The van der Waals surface area contributed by atoms with Gasteiger partial charge in [-0.1, -0.05) is 92.9 Å². The molecule has 0 amide bonds. The topological polar surface area (TPSA) is 17.1 Å². The maximum Gasteiger partial charge on any atom is 0.162 e. The van der Waals surface area contributed by atoms with Crippen LogP contribution in [0.5, 0.6) is 0 Å². The molecular formula is C27H50OSi2. The first-order valence-corrected chi connectivity index (χ1v) is 18.2. The molecule has 0 aromatic rings. The highest BCUT2D eigenvalue weighted by molar-refractivity contribution is 6.87. The number of unbranched alkanes of at least 4 members (excludes halogenated alkanes) is 3. The molecule has 0 rings (SSSR count). The fraction of sp³-hybridized carbons (Fsp3) is 0.815. The van der Waals surface area contributed by atoms with Gasteiger partial charge < -0.3 is 0 Å². The molecule has 0 aliphatic rings. The van der Waals surface area contributed by atoms with E-state index in [0.29, 0.717) is 12.2 Å². The molecule has 1 nitrogen and oxygen atoms in total. The highest BCUT2D eigenvalue weighted by Crippen LogP contribution is 2.30. The quantitative estimate of drug-likeness (QED) is 0.149. The molecule has 0 aromatic carbocycles. The lowest BCUT2D eigenvalue weighted by Crippen LogP contribution is -2.35. The van der Waals surface area contributed by atoms with Crippen LogP contribution in [0.25, 0.3) is 0 Å². The molecule has 0 N–H and O–H groups in total. The molecule has 0 fully saturated rings. The van der Waals surface area contributed by atoms with Gasteiger partial charge in [-0.3, -0.25) is 4.79 Å². The second-order valence-electron chi connectivity index (χ2n) is 9.07. The van der Waals surface area contributed by atoms with Crippen LogP contribution in [0.1, 0.15) is 100 Å². The lowest BCUT2D eigenvalue weighted by atomic mass is 9.78. The molecule has 0 spiro atoms. The second kappa shape index (κ2) is 15.1. The fourth-order valence-corrected chi connectivity index (χ4v) is 9.15. The first-order chi connectivity index (χ1) is 14.3. The maximum atomic E-state index is 13.6. The first kappa shape index (κ1) is 29.2. The van der Waals surface area contributed by atoms with Crippen molar-refractivity contribution >= 4 is 21.9 Å². The zero-order chi connectivity index (χ0) is 23.1. The summed E-state index contributed by atoms with van der Waals surface area (Å²) in [4.78, 5) is 13.6. The van der Waals surface area contributed by atoms with Gasteiger partial charge in [0, 0.05) is 6.42 Å². The molecule has 0 unspecified atom stereocenters. The SMILES string of the molecule is CCCCCC(=O)C(C#C[Si](CC)(CC)CC)(C#C[Si](CC)(CC)CC)CCCC. The van der Waals surface area contributed by atoms with Crippen LogP contribution in [0.3, 0.4) is 0 Å². The largest absolute Gasteiger partial charge is 0.297 e. The monoisotopic (exact) mass is 446 g/mol. The Kier molecular flexibility index (Phi) is 14.7. The van der Waals surface area contributed by atoms with E-state index in [1.165, 1.54) is 36.3 Å². The number of carbonyl (C=O) groups excluding carboxylic acids is 1. The minimum atomic E-state index is -1.62. The Bertz CT molecular complexity index is 552. The summed E-state index contributed by atoms with van der Waals surface area (Å²) in [6.45, 7) is 18.2. The minimum Gasteiger partial charge on any atom is -0.297 e. The third-order valence-corrected chi connectivity index (χ3v) is 17.0. The van der Waals surface area contributed by atoms with Gasteiger partial charge in [0.05, 0.1) is 0 Å². The van der Waals surface area contributed by atoms with E-state index < -0.39 is 21.6 Å². The van der Waals surface area contributed by atoms with Gasteiger partial charge in [-0.25, -0.2) is 0 Å². The molecule has 0 bridgehead atoms. The number of hydrogen-bond donors (Lipinski definition) is 0. The summed E-state index contributed by atoms with van der Waals surface area (Å²) in [7, 11) is -3.24. The van der Waals surface area contributed by atoms with Crippen LogP contribution in [0.2, 0.25) is 36.3 Å². The van der Waals surface area contributed by atoms with E-state index in [9.17, 15) is 4.79 Å². The molecule has 0 aliphatic carbocycles. The van der Waals surface area contributed by atoms with Crippen molar-refractivity contribution in [1.29, 1.82) is 0 Å². The first-order valence-electron chi connectivity index (χ1n) is 12.9. The number of hydrogen-bond acceptors (Lipinski definition) is 1. The van der Waals surface area contributed by atoms with Crippen LogP contribution >= 0.6 is 0 Å². The Labute approximate surface area is 191 Å². The number of carbonyl (C=O) groups is 1. The van der Waals surface area contributed by atoms with Crippen LogP contribution in [0.15, 0.2) is 0 Å². The van der Waals surface area contributed by atoms with E-state index in [1.54, 1.807) is 0 Å². The van der Waals surface area contributed by atoms with Crippen molar-refractivity contribution in [3.8, 4) is 22.9 Å². The Morgan fingerprint density at radius 1 is 0.633 bits per heavy atom. The summed E-state index contributed by atoms with van der Waals surface area (Å²) >= 11 is 0. The van der Waals surface area contributed by atoms with Gasteiger partial charge >= 0.3 is 0 Å². The van der Waals surface area contributed by atoms with Crippen LogP contribution in [-0.2, 0) is 4.79 Å². The van der Waals surface area contributed by atoms with Crippen molar-refractivity contribution in [3.05, 3.63) is 0 Å². The van der Waals surface area contributed by atoms with Crippen LogP contribution in [-0.4, -0.2) is 21.9 Å². The van der Waals surface area contributed by atoms with E-state index in [-0.39, 0.29) is 0 Å². The van der Waals surface area contributed by atoms with Gasteiger partial charge in [0.15, 0.2) is 5.78 Å². The van der Waals surface area contributed by atoms with E-state index in [0.717, 1.165) is 38.5 Å². The van der Waals surface area contributed by atoms with E-state index in [4.69, 9.17) is 0 Å². The van der Waals surface area contributed by atoms with Crippen LogP contribution in [0, 0.1) is 28.3 Å². The van der Waals surface area contributed by atoms with Gasteiger partial charge in [-0.2, -0.15) is 0 Å². The second-order valence-corrected chi connectivity index (χ2v) is 18.9. The molecule has 0 saturated carbocycles. The zero-order valence-electron chi connectivity index (χ0n) is 21.6. The Morgan fingerprint density at radius 2 is 1.03 bits per heavy atom. The lowest BCUT2D eigenvalue weighted by Gasteiger charge is -2.26. The van der Waals surface area contributed by atoms with E-state index >= 15 is 0 Å². The molecule has 0 atom stereocenters. The maximum absolute atomic E-state index is 13.6. The lowest BCUT2D eigenvalue weighted by molar-refractivity contribution is -0.124. The number of rotatable bonds is 14. The van der Waals surface area contributed by atoms with Crippen molar-refractivity contribution in [2.75, 3.05) is 0 Å². The summed E-state index contributed by atoms with van der Waals surface area (Å²) < 4.78 is 0. The zero-order valence-corrected chi connectivity index (χ0v) is 23.6. The van der Waals surface area contributed by atoms with Crippen LogP contribution < -0.4 is 0 Å². The van der Waals surface area contributed by atoms with Gasteiger partial charge in [0.25, 0.3) is 0 Å². The molecule has 172 valence electrons. The molecule has 0 aliphatic heterocycles. The number of ketones is 1. The summed E-state index contributed by atoms with van der Waals surface area (Å²) in [5, 5.41) is 0.